The van der Waals surface area contributed by atoms with Crippen molar-refractivity contribution in [2.24, 2.45) is 0 Å². The number of nitrogens with one attached hydrogen (secondary N) is 1. The van der Waals surface area contributed by atoms with E-state index in [1.54, 1.807) is 0 Å². The summed E-state index contributed by atoms with van der Waals surface area (Å²) >= 11 is 0. The quantitative estimate of drug-likeness (QED) is 0.811. The number of hydrogen-bond donors (Lipinski definition) is 1. The Morgan fingerprint density at radius 2 is 2.00 bits per heavy atom. The first-order chi connectivity index (χ1) is 9.78. The predicted octanol–water partition coefficient (Wildman–Crippen LogP) is 4.03. The molecule has 2 atom stereocenters. The first-order valence-corrected chi connectivity index (χ1v) is 8.25. The second-order valence-corrected chi connectivity index (χ2v) is 5.72. The first kappa shape index (κ1) is 15.5. The van der Waals surface area contributed by atoms with Gasteiger partial charge in [-0.2, -0.15) is 0 Å². The van der Waals surface area contributed by atoms with Gasteiger partial charge in [0.15, 0.2) is 0 Å². The fraction of sp³-hybridized carbons (Fsp3) is 0.667. The topological polar surface area (TPSA) is 21.3 Å². The summed E-state index contributed by atoms with van der Waals surface area (Å²) in [5.41, 5.74) is 4.42. The zero-order valence-corrected chi connectivity index (χ0v) is 13.2. The van der Waals surface area contributed by atoms with Crippen molar-refractivity contribution in [3.8, 4) is 0 Å². The molecule has 1 aliphatic heterocycles. The third-order valence-electron chi connectivity index (χ3n) is 4.37. The van der Waals surface area contributed by atoms with Crippen LogP contribution in [0.5, 0.6) is 0 Å². The van der Waals surface area contributed by atoms with Crippen molar-refractivity contribution in [3.05, 3.63) is 34.9 Å². The molecule has 20 heavy (non-hydrogen) atoms. The summed E-state index contributed by atoms with van der Waals surface area (Å²) in [4.78, 5) is 0. The minimum absolute atomic E-state index is 0.430. The molecule has 1 aliphatic rings. The van der Waals surface area contributed by atoms with Crippen LogP contribution in [0.4, 0.5) is 0 Å². The van der Waals surface area contributed by atoms with E-state index in [1.807, 2.05) is 0 Å². The van der Waals surface area contributed by atoms with Crippen LogP contribution < -0.4 is 5.32 Å². The molecule has 2 nitrogen and oxygen atoms in total. The van der Waals surface area contributed by atoms with Crippen LogP contribution in [0.25, 0.3) is 0 Å². The average molecular weight is 275 g/mol. The predicted molar refractivity (Wildman–Crippen MR) is 85.2 cm³/mol. The van der Waals surface area contributed by atoms with Crippen LogP contribution in [0.3, 0.4) is 0 Å². The van der Waals surface area contributed by atoms with Gasteiger partial charge in [-0.15, -0.1) is 0 Å². The summed E-state index contributed by atoms with van der Waals surface area (Å²) in [6.07, 6.45) is 6.22. The molecule has 2 heteroatoms. The molecule has 0 bridgehead atoms. The summed E-state index contributed by atoms with van der Waals surface area (Å²) in [7, 11) is 0. The Hall–Kier alpha value is -0.860. The van der Waals surface area contributed by atoms with E-state index in [9.17, 15) is 0 Å². The molecule has 0 aromatic heterocycles. The minimum atomic E-state index is 0.430. The average Bonchev–Trinajstić information content (AvgIpc) is 2.99. The van der Waals surface area contributed by atoms with Gasteiger partial charge in [-0.25, -0.2) is 0 Å². The second-order valence-electron chi connectivity index (χ2n) is 5.72. The summed E-state index contributed by atoms with van der Waals surface area (Å²) in [6, 6.07) is 7.45. The highest BCUT2D eigenvalue weighted by Crippen LogP contribution is 2.27. The largest absolute Gasteiger partial charge is 0.378 e. The van der Waals surface area contributed by atoms with E-state index >= 15 is 0 Å². The Morgan fingerprint density at radius 1 is 1.20 bits per heavy atom. The third-order valence-corrected chi connectivity index (χ3v) is 4.37. The molecule has 1 heterocycles. The summed E-state index contributed by atoms with van der Waals surface area (Å²) < 4.78 is 5.81. The van der Waals surface area contributed by atoms with Crippen LogP contribution in [0, 0.1) is 0 Å². The molecule has 0 amide bonds. The zero-order valence-electron chi connectivity index (χ0n) is 13.2. The van der Waals surface area contributed by atoms with Gasteiger partial charge in [0.25, 0.3) is 0 Å². The molecule has 1 fully saturated rings. The van der Waals surface area contributed by atoms with E-state index in [0.29, 0.717) is 12.1 Å². The minimum Gasteiger partial charge on any atom is -0.378 e. The highest BCUT2D eigenvalue weighted by atomic mass is 16.5. The molecule has 1 aromatic rings. The Kier molecular flexibility index (Phi) is 6.06. The fourth-order valence-electron chi connectivity index (χ4n) is 3.21. The van der Waals surface area contributed by atoms with Gasteiger partial charge in [-0.1, -0.05) is 39.0 Å². The van der Waals surface area contributed by atoms with Crippen molar-refractivity contribution in [1.29, 1.82) is 0 Å². The van der Waals surface area contributed by atoms with Gasteiger partial charge in [-0.3, -0.25) is 0 Å². The van der Waals surface area contributed by atoms with Crippen LogP contribution >= 0.6 is 0 Å². The summed E-state index contributed by atoms with van der Waals surface area (Å²) in [5, 5.41) is 3.63. The maximum atomic E-state index is 5.81. The van der Waals surface area contributed by atoms with E-state index in [0.717, 1.165) is 32.4 Å². The molecule has 2 unspecified atom stereocenters. The lowest BCUT2D eigenvalue weighted by atomic mass is 9.93. The fourth-order valence-corrected chi connectivity index (χ4v) is 3.21. The second kappa shape index (κ2) is 7.80. The van der Waals surface area contributed by atoms with Gasteiger partial charge in [0.2, 0.25) is 0 Å². The van der Waals surface area contributed by atoms with Gasteiger partial charge < -0.3 is 10.1 Å². The Labute approximate surface area is 123 Å². The summed E-state index contributed by atoms with van der Waals surface area (Å²) in [5.74, 6) is 0. The molecular formula is C18H29NO. The Morgan fingerprint density at radius 3 is 2.60 bits per heavy atom. The van der Waals surface area contributed by atoms with Gasteiger partial charge in [0, 0.05) is 12.6 Å². The number of hydrogen-bond acceptors (Lipinski definition) is 2. The molecule has 0 radical (unpaired) electrons. The van der Waals surface area contributed by atoms with Crippen LogP contribution in [0.2, 0.25) is 0 Å². The van der Waals surface area contributed by atoms with Gasteiger partial charge >= 0.3 is 0 Å². The van der Waals surface area contributed by atoms with E-state index in [1.165, 1.54) is 29.5 Å². The number of aryl methyl sites for hydroxylation is 2. The molecule has 0 spiro atoms. The van der Waals surface area contributed by atoms with Crippen molar-refractivity contribution in [3.63, 3.8) is 0 Å². The highest BCUT2D eigenvalue weighted by Gasteiger charge is 2.21. The van der Waals surface area contributed by atoms with Crippen molar-refractivity contribution in [2.75, 3.05) is 13.2 Å². The SMILES string of the molecule is CCNC(CC1CCCO1)c1ccc(CC)c(CC)c1. The summed E-state index contributed by atoms with van der Waals surface area (Å²) in [6.45, 7) is 8.62. The Balaban J connectivity index is 2.14. The molecular weight excluding hydrogens is 246 g/mol. The maximum Gasteiger partial charge on any atom is 0.0594 e. The van der Waals surface area contributed by atoms with Crippen LogP contribution in [0.1, 0.15) is 62.8 Å². The molecule has 1 saturated heterocycles. The van der Waals surface area contributed by atoms with Gasteiger partial charge in [0.1, 0.15) is 0 Å². The lowest BCUT2D eigenvalue weighted by Gasteiger charge is -2.23. The number of ether oxygens (including phenoxy) is 1. The standard InChI is InChI=1S/C18H29NO/c1-4-14-9-10-16(12-15(14)5-2)18(19-6-3)13-17-8-7-11-20-17/h9-10,12,17-19H,4-8,11,13H2,1-3H3. The van der Waals surface area contributed by atoms with Crippen LogP contribution in [-0.4, -0.2) is 19.3 Å². The monoisotopic (exact) mass is 275 g/mol. The third kappa shape index (κ3) is 3.83. The van der Waals surface area contributed by atoms with Gasteiger partial charge in [-0.05, 0) is 55.3 Å². The maximum absolute atomic E-state index is 5.81. The van der Waals surface area contributed by atoms with Crippen molar-refractivity contribution in [1.82, 2.24) is 5.32 Å². The number of rotatable bonds is 7. The van der Waals surface area contributed by atoms with E-state index in [2.05, 4.69) is 44.3 Å². The van der Waals surface area contributed by atoms with E-state index in [-0.39, 0.29) is 0 Å². The smallest absolute Gasteiger partial charge is 0.0594 e. The van der Waals surface area contributed by atoms with Crippen molar-refractivity contribution in [2.45, 2.75) is 65.0 Å². The van der Waals surface area contributed by atoms with Crippen LogP contribution in [-0.2, 0) is 17.6 Å². The van der Waals surface area contributed by atoms with E-state index in [4.69, 9.17) is 4.74 Å². The Bertz CT molecular complexity index is 410. The molecule has 1 aromatic carbocycles. The lowest BCUT2D eigenvalue weighted by molar-refractivity contribution is 0.0947. The normalized spacial score (nSPS) is 20.2. The van der Waals surface area contributed by atoms with Gasteiger partial charge in [0.05, 0.1) is 6.10 Å². The van der Waals surface area contributed by atoms with Crippen molar-refractivity contribution >= 4 is 0 Å². The lowest BCUT2D eigenvalue weighted by Crippen LogP contribution is -2.25. The number of benzene rings is 1. The molecule has 2 rings (SSSR count). The molecule has 0 saturated carbocycles. The molecule has 1 N–H and O–H groups in total. The zero-order chi connectivity index (χ0) is 14.4. The highest BCUT2D eigenvalue weighted by molar-refractivity contribution is 5.34. The molecule has 112 valence electrons. The van der Waals surface area contributed by atoms with Crippen molar-refractivity contribution < 1.29 is 4.74 Å². The van der Waals surface area contributed by atoms with Crippen LogP contribution in [0.15, 0.2) is 18.2 Å². The molecule has 0 aliphatic carbocycles. The first-order valence-electron chi connectivity index (χ1n) is 8.25. The van der Waals surface area contributed by atoms with E-state index < -0.39 is 0 Å².